The van der Waals surface area contributed by atoms with Gasteiger partial charge in [-0.1, -0.05) is 0 Å². The van der Waals surface area contributed by atoms with E-state index in [1.54, 1.807) is 29.3 Å². The van der Waals surface area contributed by atoms with Crippen molar-refractivity contribution < 1.29 is 23.5 Å². The van der Waals surface area contributed by atoms with Crippen LogP contribution in [0.15, 0.2) is 36.5 Å². The Bertz CT molecular complexity index is 972. The maximum absolute atomic E-state index is 14.0. The molecule has 0 saturated carbocycles. The molecule has 170 valence electrons. The molecule has 4 rings (SSSR count). The van der Waals surface area contributed by atoms with E-state index in [2.05, 4.69) is 10.3 Å². The average molecular weight is 442 g/mol. The highest BCUT2D eigenvalue weighted by atomic mass is 19.1. The molecule has 0 radical (unpaired) electrons. The van der Waals surface area contributed by atoms with Crippen molar-refractivity contribution in [1.82, 2.24) is 15.2 Å². The Morgan fingerprint density at radius 1 is 1.25 bits per heavy atom. The quantitative estimate of drug-likeness (QED) is 0.738. The number of nitrogens with zero attached hydrogens (tertiary/aromatic N) is 3. The van der Waals surface area contributed by atoms with E-state index in [4.69, 9.17) is 9.47 Å². The van der Waals surface area contributed by atoms with E-state index >= 15 is 0 Å². The molecule has 8 nitrogen and oxygen atoms in total. The number of rotatable bonds is 6. The summed E-state index contributed by atoms with van der Waals surface area (Å²) in [6.07, 6.45) is 3.69. The summed E-state index contributed by atoms with van der Waals surface area (Å²) in [4.78, 5) is 33.7. The molecule has 1 N–H and O–H groups in total. The molecule has 2 aliphatic rings. The molecule has 3 heterocycles. The first-order chi connectivity index (χ1) is 15.6. The Kier molecular flexibility index (Phi) is 6.84. The van der Waals surface area contributed by atoms with Crippen LogP contribution in [0.4, 0.5) is 10.2 Å². The summed E-state index contributed by atoms with van der Waals surface area (Å²) in [7, 11) is 1.38. The van der Waals surface area contributed by atoms with Gasteiger partial charge < -0.3 is 24.6 Å². The zero-order valence-corrected chi connectivity index (χ0v) is 18.1. The van der Waals surface area contributed by atoms with E-state index < -0.39 is 5.82 Å². The molecule has 32 heavy (non-hydrogen) atoms. The van der Waals surface area contributed by atoms with Crippen LogP contribution >= 0.6 is 0 Å². The molecule has 2 saturated heterocycles. The van der Waals surface area contributed by atoms with Gasteiger partial charge in [0.1, 0.15) is 5.82 Å². The van der Waals surface area contributed by atoms with Crippen LogP contribution in [0.5, 0.6) is 5.75 Å². The van der Waals surface area contributed by atoms with Gasteiger partial charge in [-0.2, -0.15) is 0 Å². The first kappa shape index (κ1) is 22.0. The van der Waals surface area contributed by atoms with Crippen molar-refractivity contribution in [3.05, 3.63) is 53.5 Å². The number of nitrogens with one attached hydrogen (secondary N) is 1. The van der Waals surface area contributed by atoms with Crippen molar-refractivity contribution in [2.75, 3.05) is 51.3 Å². The molecular formula is C23H27FN4O4. The summed E-state index contributed by atoms with van der Waals surface area (Å²) in [5.41, 5.74) is 0.784. The fourth-order valence-electron chi connectivity index (χ4n) is 4.04. The van der Waals surface area contributed by atoms with E-state index in [1.807, 2.05) is 4.90 Å². The number of pyridine rings is 1. The van der Waals surface area contributed by atoms with E-state index in [9.17, 15) is 14.0 Å². The number of anilines is 1. The van der Waals surface area contributed by atoms with Crippen LogP contribution in [0, 0.1) is 5.82 Å². The zero-order valence-electron chi connectivity index (χ0n) is 18.1. The normalized spacial score (nSPS) is 18.5. The maximum Gasteiger partial charge on any atom is 0.255 e. The number of methoxy groups -OCH3 is 1. The van der Waals surface area contributed by atoms with E-state index in [1.165, 1.54) is 19.2 Å². The number of amides is 2. The lowest BCUT2D eigenvalue weighted by Crippen LogP contribution is -2.49. The van der Waals surface area contributed by atoms with Crippen LogP contribution < -0.4 is 15.0 Å². The topological polar surface area (TPSA) is 84.0 Å². The smallest absolute Gasteiger partial charge is 0.255 e. The fraction of sp³-hybridized carbons (Fsp3) is 0.435. The van der Waals surface area contributed by atoms with Crippen molar-refractivity contribution >= 4 is 17.6 Å². The summed E-state index contributed by atoms with van der Waals surface area (Å²) in [6, 6.07) is 7.70. The summed E-state index contributed by atoms with van der Waals surface area (Å²) in [5.74, 6) is -0.284. The largest absolute Gasteiger partial charge is 0.494 e. The molecule has 1 unspecified atom stereocenters. The number of hydrogen-bond donors (Lipinski definition) is 1. The van der Waals surface area contributed by atoms with Crippen LogP contribution in [0.2, 0.25) is 0 Å². The van der Waals surface area contributed by atoms with Gasteiger partial charge in [-0.25, -0.2) is 9.37 Å². The highest BCUT2D eigenvalue weighted by molar-refractivity contribution is 5.99. The van der Waals surface area contributed by atoms with Crippen molar-refractivity contribution in [3.63, 3.8) is 0 Å². The van der Waals surface area contributed by atoms with Crippen LogP contribution in [0.1, 0.15) is 33.6 Å². The summed E-state index contributed by atoms with van der Waals surface area (Å²) >= 11 is 0. The van der Waals surface area contributed by atoms with Crippen LogP contribution in [0.3, 0.4) is 0 Å². The van der Waals surface area contributed by atoms with Gasteiger partial charge in [-0.05, 0) is 43.2 Å². The average Bonchev–Trinajstić information content (AvgIpc) is 3.36. The Hall–Kier alpha value is -3.20. The molecular weight excluding hydrogens is 415 g/mol. The van der Waals surface area contributed by atoms with Gasteiger partial charge >= 0.3 is 0 Å². The van der Waals surface area contributed by atoms with Gasteiger partial charge in [0.2, 0.25) is 0 Å². The Balaban J connectivity index is 1.38. The monoisotopic (exact) mass is 442 g/mol. The summed E-state index contributed by atoms with van der Waals surface area (Å²) in [6.45, 7) is 3.15. The minimum Gasteiger partial charge on any atom is -0.494 e. The molecule has 1 atom stereocenters. The predicted molar refractivity (Wildman–Crippen MR) is 117 cm³/mol. The first-order valence-electron chi connectivity index (χ1n) is 10.8. The second kappa shape index (κ2) is 9.95. The molecule has 2 fully saturated rings. The third-order valence-corrected chi connectivity index (χ3v) is 5.81. The molecule has 9 heteroatoms. The number of piperazine rings is 1. The number of benzene rings is 1. The van der Waals surface area contributed by atoms with Gasteiger partial charge in [0.25, 0.3) is 11.8 Å². The number of aromatic nitrogens is 1. The second-order valence-corrected chi connectivity index (χ2v) is 7.85. The highest BCUT2D eigenvalue weighted by Gasteiger charge is 2.26. The minimum absolute atomic E-state index is 0.0661. The third-order valence-electron chi connectivity index (χ3n) is 5.81. The lowest BCUT2D eigenvalue weighted by Gasteiger charge is -2.36. The Morgan fingerprint density at radius 2 is 2.06 bits per heavy atom. The lowest BCUT2D eigenvalue weighted by atomic mass is 10.1. The van der Waals surface area contributed by atoms with E-state index in [-0.39, 0.29) is 29.2 Å². The van der Waals surface area contributed by atoms with E-state index in [0.29, 0.717) is 44.1 Å². The number of halogens is 1. The van der Waals surface area contributed by atoms with E-state index in [0.717, 1.165) is 19.4 Å². The predicted octanol–water partition coefficient (Wildman–Crippen LogP) is 2.10. The van der Waals surface area contributed by atoms with Crippen molar-refractivity contribution in [1.29, 1.82) is 0 Å². The molecule has 0 spiro atoms. The Labute approximate surface area is 186 Å². The van der Waals surface area contributed by atoms with Crippen molar-refractivity contribution in [3.8, 4) is 5.75 Å². The molecule has 2 amide bonds. The minimum atomic E-state index is -0.566. The standard InChI is InChI=1S/C23H27FN4O4/c1-31-20-7-6-16(14-19(20)24)23(30)28-11-9-27(10-12-28)21-18(5-2-8-25-21)22(29)26-15-17-4-3-13-32-17/h2,5-8,14,17H,3-4,9-13,15H2,1H3,(H,26,29). The van der Waals surface area contributed by atoms with Gasteiger partial charge in [-0.15, -0.1) is 0 Å². The van der Waals surface area contributed by atoms with Crippen LogP contribution in [-0.4, -0.2) is 74.2 Å². The fourth-order valence-corrected chi connectivity index (χ4v) is 4.04. The molecule has 0 aliphatic carbocycles. The summed E-state index contributed by atoms with van der Waals surface area (Å²) in [5, 5.41) is 2.94. The van der Waals surface area contributed by atoms with Crippen LogP contribution in [-0.2, 0) is 4.74 Å². The van der Waals surface area contributed by atoms with Crippen molar-refractivity contribution in [2.24, 2.45) is 0 Å². The second-order valence-electron chi connectivity index (χ2n) is 7.85. The molecule has 2 aromatic rings. The van der Waals surface area contributed by atoms with Crippen molar-refractivity contribution in [2.45, 2.75) is 18.9 Å². The molecule has 1 aromatic carbocycles. The number of hydrogen-bond acceptors (Lipinski definition) is 6. The van der Waals surface area contributed by atoms with Gasteiger partial charge in [0.15, 0.2) is 11.6 Å². The molecule has 0 bridgehead atoms. The lowest BCUT2D eigenvalue weighted by molar-refractivity contribution is 0.0744. The van der Waals surface area contributed by atoms with Crippen LogP contribution in [0.25, 0.3) is 0 Å². The number of ether oxygens (including phenoxy) is 2. The molecule has 1 aromatic heterocycles. The number of carbonyl (C=O) groups is 2. The molecule has 2 aliphatic heterocycles. The third kappa shape index (κ3) is 4.83. The summed E-state index contributed by atoms with van der Waals surface area (Å²) < 4.78 is 24.5. The van der Waals surface area contributed by atoms with Gasteiger partial charge in [-0.3, -0.25) is 9.59 Å². The maximum atomic E-state index is 14.0. The van der Waals surface area contributed by atoms with Gasteiger partial charge in [0, 0.05) is 51.1 Å². The Morgan fingerprint density at radius 3 is 2.75 bits per heavy atom. The highest BCUT2D eigenvalue weighted by Crippen LogP contribution is 2.22. The SMILES string of the molecule is COc1ccc(C(=O)N2CCN(c3ncccc3C(=O)NCC3CCCO3)CC2)cc1F. The first-order valence-corrected chi connectivity index (χ1v) is 10.8. The number of carbonyl (C=O) groups excluding carboxylic acids is 2. The zero-order chi connectivity index (χ0) is 22.5. The van der Waals surface area contributed by atoms with Gasteiger partial charge in [0.05, 0.1) is 18.8 Å².